The number of rotatable bonds is 3. The molecule has 1 saturated heterocycles. The highest BCUT2D eigenvalue weighted by atomic mass is 16.4. The lowest BCUT2D eigenvalue weighted by Crippen LogP contribution is -2.41. The van der Waals surface area contributed by atoms with Crippen LogP contribution in [0.15, 0.2) is 10.6 Å². The van der Waals surface area contributed by atoms with E-state index in [2.05, 4.69) is 15.2 Å². The van der Waals surface area contributed by atoms with Crippen LogP contribution in [0.5, 0.6) is 0 Å². The highest BCUT2D eigenvalue weighted by Crippen LogP contribution is 2.39. The predicted octanol–water partition coefficient (Wildman–Crippen LogP) is 1.26. The fourth-order valence-corrected chi connectivity index (χ4v) is 2.33. The third kappa shape index (κ3) is 2.41. The Morgan fingerprint density at radius 2 is 2.39 bits per heavy atom. The van der Waals surface area contributed by atoms with Gasteiger partial charge in [0.15, 0.2) is 5.89 Å². The quantitative estimate of drug-likeness (QED) is 0.876. The van der Waals surface area contributed by atoms with Crippen molar-refractivity contribution < 1.29 is 9.21 Å². The van der Waals surface area contributed by atoms with Crippen LogP contribution in [0.1, 0.15) is 43.8 Å². The van der Waals surface area contributed by atoms with Gasteiger partial charge in [0.1, 0.15) is 5.76 Å². The Labute approximate surface area is 107 Å². The Hall–Kier alpha value is -1.36. The molecule has 1 aliphatic heterocycles. The summed E-state index contributed by atoms with van der Waals surface area (Å²) in [7, 11) is 0. The lowest BCUT2D eigenvalue weighted by Gasteiger charge is -2.23. The first-order valence-electron chi connectivity index (χ1n) is 6.70. The molecule has 2 aliphatic rings. The monoisotopic (exact) mass is 249 g/mol. The number of carbonyl (C=O) groups excluding carboxylic acids is 1. The van der Waals surface area contributed by atoms with Crippen molar-refractivity contribution in [2.75, 3.05) is 13.1 Å². The average molecular weight is 249 g/mol. The molecule has 18 heavy (non-hydrogen) atoms. The molecule has 3 rings (SSSR count). The highest BCUT2D eigenvalue weighted by Gasteiger charge is 2.29. The van der Waals surface area contributed by atoms with Gasteiger partial charge in [0.25, 0.3) is 0 Å². The normalized spacial score (nSPS) is 25.8. The van der Waals surface area contributed by atoms with Crippen LogP contribution in [0.25, 0.3) is 0 Å². The van der Waals surface area contributed by atoms with E-state index in [0.717, 1.165) is 31.2 Å². The van der Waals surface area contributed by atoms with Crippen molar-refractivity contribution >= 4 is 5.91 Å². The third-order valence-electron chi connectivity index (χ3n) is 3.71. The van der Waals surface area contributed by atoms with Gasteiger partial charge in [0.05, 0.1) is 18.8 Å². The van der Waals surface area contributed by atoms with Crippen molar-refractivity contribution in [3.8, 4) is 0 Å². The van der Waals surface area contributed by atoms with Crippen molar-refractivity contribution in [3.05, 3.63) is 17.8 Å². The molecule has 0 spiro atoms. The van der Waals surface area contributed by atoms with Crippen molar-refractivity contribution in [1.29, 1.82) is 0 Å². The molecule has 0 radical (unpaired) electrons. The molecule has 2 heterocycles. The molecule has 1 aliphatic carbocycles. The summed E-state index contributed by atoms with van der Waals surface area (Å²) >= 11 is 0. The number of nitrogens with zero attached hydrogens (tertiary/aromatic N) is 2. The van der Waals surface area contributed by atoms with E-state index in [1.807, 2.05) is 13.1 Å². The molecule has 98 valence electrons. The third-order valence-corrected chi connectivity index (χ3v) is 3.71. The number of aromatic nitrogens is 1. The summed E-state index contributed by atoms with van der Waals surface area (Å²) < 4.78 is 5.75. The second kappa shape index (κ2) is 4.72. The van der Waals surface area contributed by atoms with Gasteiger partial charge in [0, 0.05) is 19.0 Å². The number of hydrogen-bond acceptors (Lipinski definition) is 4. The molecule has 0 aromatic carbocycles. The molecular weight excluding hydrogens is 230 g/mol. The van der Waals surface area contributed by atoms with Crippen molar-refractivity contribution in [2.24, 2.45) is 0 Å². The molecule has 1 saturated carbocycles. The van der Waals surface area contributed by atoms with Gasteiger partial charge in [0.2, 0.25) is 5.91 Å². The Morgan fingerprint density at radius 1 is 1.56 bits per heavy atom. The van der Waals surface area contributed by atoms with E-state index in [1.165, 1.54) is 12.8 Å². The van der Waals surface area contributed by atoms with E-state index >= 15 is 0 Å². The SMILES string of the molecule is CC1C(=O)NCCCN1Cc1cnc(C2CC2)o1. The van der Waals surface area contributed by atoms with Gasteiger partial charge in [-0.2, -0.15) is 0 Å². The molecule has 1 aromatic heterocycles. The summed E-state index contributed by atoms with van der Waals surface area (Å²) in [4.78, 5) is 18.2. The van der Waals surface area contributed by atoms with Crippen LogP contribution in [-0.2, 0) is 11.3 Å². The van der Waals surface area contributed by atoms with Crippen LogP contribution in [0.3, 0.4) is 0 Å². The molecule has 2 fully saturated rings. The maximum absolute atomic E-state index is 11.7. The Morgan fingerprint density at radius 3 is 3.17 bits per heavy atom. The zero-order valence-electron chi connectivity index (χ0n) is 10.7. The minimum Gasteiger partial charge on any atom is -0.444 e. The zero-order valence-corrected chi connectivity index (χ0v) is 10.7. The summed E-state index contributed by atoms with van der Waals surface area (Å²) in [5.74, 6) is 2.40. The maximum Gasteiger partial charge on any atom is 0.237 e. The first-order chi connectivity index (χ1) is 8.74. The molecule has 5 nitrogen and oxygen atoms in total. The number of nitrogens with one attached hydrogen (secondary N) is 1. The lowest BCUT2D eigenvalue weighted by molar-refractivity contribution is -0.125. The molecule has 1 amide bonds. The number of amides is 1. The maximum atomic E-state index is 11.7. The van der Waals surface area contributed by atoms with Crippen LogP contribution in [0, 0.1) is 0 Å². The van der Waals surface area contributed by atoms with Gasteiger partial charge in [-0.05, 0) is 26.2 Å². The van der Waals surface area contributed by atoms with Gasteiger partial charge in [-0.25, -0.2) is 4.98 Å². The molecular formula is C13H19N3O2. The van der Waals surface area contributed by atoms with E-state index in [1.54, 1.807) is 0 Å². The van der Waals surface area contributed by atoms with Crippen molar-refractivity contribution in [3.63, 3.8) is 0 Å². The Kier molecular flexibility index (Phi) is 3.07. The largest absolute Gasteiger partial charge is 0.444 e. The first kappa shape index (κ1) is 11.7. The predicted molar refractivity (Wildman–Crippen MR) is 66.0 cm³/mol. The van der Waals surface area contributed by atoms with E-state index in [-0.39, 0.29) is 11.9 Å². The average Bonchev–Trinajstić information content (AvgIpc) is 3.13. The van der Waals surface area contributed by atoms with Crippen LogP contribution < -0.4 is 5.32 Å². The minimum absolute atomic E-state index is 0.0954. The smallest absolute Gasteiger partial charge is 0.237 e. The highest BCUT2D eigenvalue weighted by molar-refractivity contribution is 5.81. The van der Waals surface area contributed by atoms with E-state index < -0.39 is 0 Å². The summed E-state index contributed by atoms with van der Waals surface area (Å²) in [6.45, 7) is 4.30. The molecule has 1 atom stereocenters. The second-order valence-corrected chi connectivity index (χ2v) is 5.23. The van der Waals surface area contributed by atoms with E-state index in [4.69, 9.17) is 4.42 Å². The van der Waals surface area contributed by atoms with Crippen molar-refractivity contribution in [2.45, 2.75) is 44.7 Å². The van der Waals surface area contributed by atoms with Crippen LogP contribution in [-0.4, -0.2) is 34.9 Å². The number of carbonyl (C=O) groups is 1. The second-order valence-electron chi connectivity index (χ2n) is 5.23. The topological polar surface area (TPSA) is 58.4 Å². The van der Waals surface area contributed by atoms with E-state index in [9.17, 15) is 4.79 Å². The van der Waals surface area contributed by atoms with Gasteiger partial charge < -0.3 is 9.73 Å². The summed E-state index contributed by atoms with van der Waals surface area (Å²) in [5.41, 5.74) is 0. The van der Waals surface area contributed by atoms with Gasteiger partial charge >= 0.3 is 0 Å². The van der Waals surface area contributed by atoms with Crippen LogP contribution in [0.4, 0.5) is 0 Å². The fourth-order valence-electron chi connectivity index (χ4n) is 2.33. The molecule has 1 unspecified atom stereocenters. The van der Waals surface area contributed by atoms with Gasteiger partial charge in [-0.1, -0.05) is 0 Å². The van der Waals surface area contributed by atoms with Gasteiger partial charge in [-0.3, -0.25) is 9.69 Å². The molecule has 0 bridgehead atoms. The summed E-state index contributed by atoms with van der Waals surface area (Å²) in [6.07, 6.45) is 5.19. The minimum atomic E-state index is -0.0954. The van der Waals surface area contributed by atoms with Crippen molar-refractivity contribution in [1.82, 2.24) is 15.2 Å². The van der Waals surface area contributed by atoms with E-state index in [0.29, 0.717) is 12.5 Å². The first-order valence-corrected chi connectivity index (χ1v) is 6.70. The zero-order chi connectivity index (χ0) is 12.5. The van der Waals surface area contributed by atoms with Gasteiger partial charge in [-0.15, -0.1) is 0 Å². The summed E-state index contributed by atoms with van der Waals surface area (Å²) in [5, 5.41) is 2.92. The number of hydrogen-bond donors (Lipinski definition) is 1. The standard InChI is InChI=1S/C13H19N3O2/c1-9-12(17)14-5-2-6-16(9)8-11-7-15-13(18-11)10-3-4-10/h7,9-10H,2-6,8H2,1H3,(H,14,17). The number of oxazole rings is 1. The molecule has 1 aromatic rings. The molecule has 1 N–H and O–H groups in total. The van der Waals surface area contributed by atoms with Crippen LogP contribution >= 0.6 is 0 Å². The lowest BCUT2D eigenvalue weighted by atomic mass is 10.2. The molecule has 5 heteroatoms. The summed E-state index contributed by atoms with van der Waals surface area (Å²) in [6, 6.07) is -0.0954. The fraction of sp³-hybridized carbons (Fsp3) is 0.692. The Bertz CT molecular complexity index is 439. The van der Waals surface area contributed by atoms with Crippen LogP contribution in [0.2, 0.25) is 0 Å². The Balaban J connectivity index is 1.67.